The van der Waals surface area contributed by atoms with Crippen LogP contribution in [0.25, 0.3) is 6.08 Å². The zero-order valence-corrected chi connectivity index (χ0v) is 21.5. The van der Waals surface area contributed by atoms with Crippen LogP contribution in [0, 0.1) is 24.0 Å². The molecule has 35 heavy (non-hydrogen) atoms. The Labute approximate surface area is 216 Å². The first kappa shape index (κ1) is 24.5. The molecule has 0 radical (unpaired) electrons. The van der Waals surface area contributed by atoms with Gasteiger partial charge in [0.15, 0.2) is 11.4 Å². The lowest BCUT2D eigenvalue weighted by molar-refractivity contribution is -0.385. The van der Waals surface area contributed by atoms with Crippen LogP contribution in [0.4, 0.5) is 5.69 Å². The molecule has 4 rings (SSSR count). The average molecular weight is 600 g/mol. The molecule has 8 nitrogen and oxygen atoms in total. The Balaban J connectivity index is 1.61. The molecule has 0 spiro atoms. The van der Waals surface area contributed by atoms with Gasteiger partial charge in [0.1, 0.15) is 0 Å². The van der Waals surface area contributed by atoms with E-state index in [0.717, 1.165) is 5.56 Å². The lowest BCUT2D eigenvalue weighted by atomic mass is 10.1. The molecule has 10 heteroatoms. The van der Waals surface area contributed by atoms with Crippen molar-refractivity contribution in [3.8, 4) is 5.75 Å². The molecular formula is C25H16Br2N2O6. The first-order chi connectivity index (χ1) is 16.6. The van der Waals surface area contributed by atoms with Crippen molar-refractivity contribution in [3.05, 3.63) is 107 Å². The molecule has 0 fully saturated rings. The maximum Gasteiger partial charge on any atom is 0.363 e. The summed E-state index contributed by atoms with van der Waals surface area (Å²) in [4.78, 5) is 39.9. The van der Waals surface area contributed by atoms with Crippen LogP contribution in [0.2, 0.25) is 0 Å². The molecule has 0 amide bonds. The molecule has 0 saturated carbocycles. The van der Waals surface area contributed by atoms with Gasteiger partial charge in [-0.15, -0.1) is 0 Å². The van der Waals surface area contributed by atoms with Crippen LogP contribution in [-0.2, 0) is 9.53 Å². The highest BCUT2D eigenvalue weighted by Crippen LogP contribution is 2.36. The van der Waals surface area contributed by atoms with Crippen LogP contribution in [0.3, 0.4) is 0 Å². The summed E-state index contributed by atoms with van der Waals surface area (Å²) >= 11 is 6.80. The SMILES string of the molecule is Cc1ccc(C(=O)Oc2c(Br)cc(/C=C3\N=C(c4cccc([N+](=O)[O-])c4C)OC3=O)cc2Br)cc1. The average Bonchev–Trinajstić information content (AvgIpc) is 3.16. The molecule has 0 aliphatic carbocycles. The number of nitrogens with zero attached hydrogens (tertiary/aromatic N) is 2. The van der Waals surface area contributed by atoms with Gasteiger partial charge in [0.05, 0.1) is 19.4 Å². The normalized spacial score (nSPS) is 14.0. The topological polar surface area (TPSA) is 108 Å². The maximum atomic E-state index is 12.5. The second kappa shape index (κ2) is 9.93. The zero-order valence-electron chi connectivity index (χ0n) is 18.4. The Morgan fingerprint density at radius 1 is 1.09 bits per heavy atom. The van der Waals surface area contributed by atoms with Gasteiger partial charge in [-0.3, -0.25) is 10.1 Å². The minimum atomic E-state index is -0.687. The molecule has 0 atom stereocenters. The quantitative estimate of drug-likeness (QED) is 0.112. The van der Waals surface area contributed by atoms with Crippen LogP contribution in [0.15, 0.2) is 74.2 Å². The third-order valence-corrected chi connectivity index (χ3v) is 6.34. The van der Waals surface area contributed by atoms with E-state index in [9.17, 15) is 19.7 Å². The summed E-state index contributed by atoms with van der Waals surface area (Å²) in [5, 5.41) is 11.2. The number of carbonyl (C=O) groups excluding carboxylic acids is 2. The number of ether oxygens (including phenoxy) is 2. The number of carbonyl (C=O) groups is 2. The number of aryl methyl sites for hydroxylation is 1. The molecule has 0 aromatic heterocycles. The molecule has 176 valence electrons. The minimum absolute atomic E-state index is 0.00997. The largest absolute Gasteiger partial charge is 0.421 e. The van der Waals surface area contributed by atoms with Crippen LogP contribution < -0.4 is 4.74 Å². The zero-order chi connectivity index (χ0) is 25.3. The smallest absolute Gasteiger partial charge is 0.363 e. The molecule has 1 heterocycles. The molecule has 3 aromatic rings. The summed E-state index contributed by atoms with van der Waals surface area (Å²) in [5.41, 5.74) is 2.64. The van der Waals surface area contributed by atoms with Gasteiger partial charge < -0.3 is 9.47 Å². The predicted molar refractivity (Wildman–Crippen MR) is 136 cm³/mol. The maximum absolute atomic E-state index is 12.5. The Morgan fingerprint density at radius 3 is 2.37 bits per heavy atom. The first-order valence-electron chi connectivity index (χ1n) is 10.2. The fraction of sp³-hybridized carbons (Fsp3) is 0.0800. The van der Waals surface area contributed by atoms with E-state index in [2.05, 4.69) is 36.9 Å². The molecule has 1 aliphatic rings. The standard InChI is InChI=1S/C25H16Br2N2O6/c1-13-6-8-16(9-7-13)24(30)34-22-18(26)10-15(11-19(22)27)12-20-25(31)35-23(28-20)17-4-3-5-21(14(17)2)29(32)33/h3-12H,1-2H3/b20-12-. The molecule has 0 unspecified atom stereocenters. The number of hydrogen-bond donors (Lipinski definition) is 0. The van der Waals surface area contributed by atoms with Crippen molar-refractivity contribution in [2.24, 2.45) is 4.99 Å². The molecule has 0 N–H and O–H groups in total. The lowest BCUT2D eigenvalue weighted by Crippen LogP contribution is -2.09. The van der Waals surface area contributed by atoms with E-state index in [-0.39, 0.29) is 23.0 Å². The van der Waals surface area contributed by atoms with E-state index in [1.807, 2.05) is 19.1 Å². The highest BCUT2D eigenvalue weighted by molar-refractivity contribution is 9.11. The predicted octanol–water partition coefficient (Wildman–Crippen LogP) is 6.30. The molecule has 3 aromatic carbocycles. The van der Waals surface area contributed by atoms with E-state index in [4.69, 9.17) is 9.47 Å². The van der Waals surface area contributed by atoms with Crippen molar-refractivity contribution >= 4 is 61.5 Å². The number of hydrogen-bond acceptors (Lipinski definition) is 7. The third-order valence-electron chi connectivity index (χ3n) is 5.16. The first-order valence-corrected chi connectivity index (χ1v) is 11.8. The second-order valence-electron chi connectivity index (χ2n) is 7.61. The highest BCUT2D eigenvalue weighted by Gasteiger charge is 2.27. The number of aliphatic imine (C=N–C) groups is 1. The fourth-order valence-electron chi connectivity index (χ4n) is 3.34. The summed E-state index contributed by atoms with van der Waals surface area (Å²) in [7, 11) is 0. The Hall–Kier alpha value is -3.63. The summed E-state index contributed by atoms with van der Waals surface area (Å²) < 4.78 is 11.8. The van der Waals surface area contributed by atoms with E-state index in [1.54, 1.807) is 37.3 Å². The highest BCUT2D eigenvalue weighted by atomic mass is 79.9. The number of benzene rings is 3. The molecule has 0 bridgehead atoms. The van der Waals surface area contributed by atoms with Crippen molar-refractivity contribution in [2.45, 2.75) is 13.8 Å². The second-order valence-corrected chi connectivity index (χ2v) is 9.32. The minimum Gasteiger partial charge on any atom is -0.421 e. The number of cyclic esters (lactones) is 1. The van der Waals surface area contributed by atoms with E-state index in [1.165, 1.54) is 18.2 Å². The van der Waals surface area contributed by atoms with Crippen molar-refractivity contribution in [1.82, 2.24) is 0 Å². The number of esters is 2. The van der Waals surface area contributed by atoms with Crippen molar-refractivity contribution in [1.29, 1.82) is 0 Å². The summed E-state index contributed by atoms with van der Waals surface area (Å²) in [6.07, 6.45) is 1.50. The van der Waals surface area contributed by atoms with Crippen molar-refractivity contribution in [3.63, 3.8) is 0 Å². The molecule has 0 saturated heterocycles. The number of nitro groups is 1. The summed E-state index contributed by atoms with van der Waals surface area (Å²) in [6, 6.07) is 14.8. The van der Waals surface area contributed by atoms with E-state index >= 15 is 0 Å². The van der Waals surface area contributed by atoms with Gasteiger partial charge in [0.25, 0.3) is 5.69 Å². The Bertz CT molecular complexity index is 1420. The summed E-state index contributed by atoms with van der Waals surface area (Å²) in [5.74, 6) is -0.932. The Kier molecular flexibility index (Phi) is 6.95. The lowest BCUT2D eigenvalue weighted by Gasteiger charge is -2.10. The number of nitro benzene ring substituents is 1. The van der Waals surface area contributed by atoms with Gasteiger partial charge in [-0.05, 0) is 87.7 Å². The van der Waals surface area contributed by atoms with Gasteiger partial charge in [-0.1, -0.05) is 23.8 Å². The molecule has 1 aliphatic heterocycles. The van der Waals surface area contributed by atoms with Crippen LogP contribution in [-0.4, -0.2) is 22.8 Å². The van der Waals surface area contributed by atoms with Gasteiger partial charge in [-0.2, -0.15) is 0 Å². The number of halogens is 2. The fourth-order valence-corrected chi connectivity index (χ4v) is 4.72. The van der Waals surface area contributed by atoms with E-state index < -0.39 is 16.9 Å². The van der Waals surface area contributed by atoms with Crippen LogP contribution in [0.1, 0.15) is 32.6 Å². The van der Waals surface area contributed by atoms with Gasteiger partial charge in [-0.25, -0.2) is 14.6 Å². The number of rotatable bonds is 5. The van der Waals surface area contributed by atoms with Gasteiger partial charge in [0.2, 0.25) is 5.90 Å². The van der Waals surface area contributed by atoms with Gasteiger partial charge >= 0.3 is 11.9 Å². The van der Waals surface area contributed by atoms with E-state index in [0.29, 0.717) is 31.2 Å². The van der Waals surface area contributed by atoms with Crippen molar-refractivity contribution in [2.75, 3.05) is 0 Å². The third kappa shape index (κ3) is 5.23. The summed E-state index contributed by atoms with van der Waals surface area (Å²) in [6.45, 7) is 3.49. The molecular weight excluding hydrogens is 584 g/mol. The monoisotopic (exact) mass is 598 g/mol. The van der Waals surface area contributed by atoms with Crippen LogP contribution in [0.5, 0.6) is 5.75 Å². The van der Waals surface area contributed by atoms with Gasteiger partial charge in [0, 0.05) is 17.2 Å². The van der Waals surface area contributed by atoms with Crippen LogP contribution >= 0.6 is 31.9 Å². The van der Waals surface area contributed by atoms with Crippen molar-refractivity contribution < 1.29 is 24.0 Å². The Morgan fingerprint density at radius 2 is 1.74 bits per heavy atom.